The Kier molecular flexibility index (Phi) is 4.61. The summed E-state index contributed by atoms with van der Waals surface area (Å²) in [6, 6.07) is 2.63. The van der Waals surface area contributed by atoms with Gasteiger partial charge in [0.2, 0.25) is 5.88 Å². The first-order valence-electron chi connectivity index (χ1n) is 7.63. The summed E-state index contributed by atoms with van der Waals surface area (Å²) in [5.74, 6) is 0.447. The van der Waals surface area contributed by atoms with E-state index in [-0.39, 0.29) is 36.5 Å². The highest BCUT2D eigenvalue weighted by molar-refractivity contribution is 5.74. The molecular weight excluding hydrogens is 308 g/mol. The van der Waals surface area contributed by atoms with Crippen LogP contribution < -0.4 is 15.4 Å². The molecule has 1 heterocycles. The number of rotatable bonds is 5. The molecule has 0 aliphatic heterocycles. The monoisotopic (exact) mass is 327 g/mol. The molecule has 4 atom stereocenters. The van der Waals surface area contributed by atoms with Gasteiger partial charge in [-0.3, -0.25) is 0 Å². The molecule has 0 aromatic carbocycles. The molecule has 2 aliphatic rings. The van der Waals surface area contributed by atoms with Crippen LogP contribution in [0, 0.1) is 11.8 Å². The summed E-state index contributed by atoms with van der Waals surface area (Å²) in [4.78, 5) is 15.6. The Morgan fingerprint density at radius 1 is 1.43 bits per heavy atom. The molecule has 1 aromatic heterocycles. The van der Waals surface area contributed by atoms with Crippen LogP contribution in [-0.2, 0) is 6.54 Å². The zero-order valence-electron chi connectivity index (χ0n) is 12.4. The van der Waals surface area contributed by atoms with Crippen LogP contribution in [0.2, 0.25) is 0 Å². The van der Waals surface area contributed by atoms with Crippen molar-refractivity contribution >= 4 is 6.03 Å². The molecule has 2 aliphatic carbocycles. The van der Waals surface area contributed by atoms with E-state index >= 15 is 0 Å². The average molecular weight is 327 g/mol. The molecule has 2 fully saturated rings. The molecule has 0 spiro atoms. The van der Waals surface area contributed by atoms with Crippen molar-refractivity contribution in [2.45, 2.75) is 44.6 Å². The summed E-state index contributed by atoms with van der Waals surface area (Å²) >= 11 is 0. The lowest BCUT2D eigenvalue weighted by atomic mass is 9.93. The lowest BCUT2D eigenvalue weighted by Crippen LogP contribution is -2.46. The van der Waals surface area contributed by atoms with Crippen molar-refractivity contribution in [3.63, 3.8) is 0 Å². The molecule has 3 N–H and O–H groups in total. The fraction of sp³-hybridized carbons (Fsp3) is 0.600. The van der Waals surface area contributed by atoms with Crippen LogP contribution in [0.25, 0.3) is 0 Å². The Morgan fingerprint density at radius 3 is 2.96 bits per heavy atom. The van der Waals surface area contributed by atoms with Crippen LogP contribution in [-0.4, -0.2) is 34.9 Å². The number of alkyl halides is 2. The van der Waals surface area contributed by atoms with E-state index in [1.165, 1.54) is 12.3 Å². The minimum absolute atomic E-state index is 0.00100. The van der Waals surface area contributed by atoms with Gasteiger partial charge >= 0.3 is 12.6 Å². The Morgan fingerprint density at radius 2 is 2.26 bits per heavy atom. The first-order valence-corrected chi connectivity index (χ1v) is 7.63. The van der Waals surface area contributed by atoms with E-state index in [2.05, 4.69) is 20.4 Å². The van der Waals surface area contributed by atoms with Gasteiger partial charge in [0.15, 0.2) is 0 Å². The molecule has 3 rings (SSSR count). The number of amides is 2. The Hall–Kier alpha value is -1.96. The summed E-state index contributed by atoms with van der Waals surface area (Å²) in [6.45, 7) is -2.75. The Balaban J connectivity index is 1.48. The normalized spacial score (nSPS) is 28.9. The van der Waals surface area contributed by atoms with Gasteiger partial charge < -0.3 is 20.5 Å². The van der Waals surface area contributed by atoms with Gasteiger partial charge in [-0.05, 0) is 36.8 Å². The number of aromatic nitrogens is 1. The second-order valence-corrected chi connectivity index (χ2v) is 6.12. The number of urea groups is 1. The standard InChI is InChI=1S/C15H19F2N3O3/c16-14(17)23-13-6-8(1-2-18-13)7-19-15(22)20-11-4-9-3-10(11)12(21)5-9/h1-2,6,9-12,14,21H,3-5,7H2,(H2,19,20,22)/t9-,10+,11-,12+/m0/s1. The number of pyridine rings is 1. The van der Waals surface area contributed by atoms with Crippen molar-refractivity contribution in [1.82, 2.24) is 15.6 Å². The third-order valence-electron chi connectivity index (χ3n) is 4.56. The second-order valence-electron chi connectivity index (χ2n) is 6.12. The molecule has 0 saturated heterocycles. The Bertz CT molecular complexity index is 573. The van der Waals surface area contributed by atoms with Crippen molar-refractivity contribution in [1.29, 1.82) is 0 Å². The van der Waals surface area contributed by atoms with E-state index < -0.39 is 6.61 Å². The number of ether oxygens (including phenoxy) is 1. The molecule has 2 bridgehead atoms. The van der Waals surface area contributed by atoms with E-state index in [9.17, 15) is 18.7 Å². The van der Waals surface area contributed by atoms with E-state index in [0.717, 1.165) is 19.3 Å². The third kappa shape index (κ3) is 3.87. The number of halogens is 2. The summed E-state index contributed by atoms with van der Waals surface area (Å²) < 4.78 is 28.5. The molecule has 1 aromatic rings. The lowest BCUT2D eigenvalue weighted by molar-refractivity contribution is -0.0529. The molecule has 126 valence electrons. The van der Waals surface area contributed by atoms with Gasteiger partial charge in [0.05, 0.1) is 6.10 Å². The van der Waals surface area contributed by atoms with Gasteiger partial charge in [0.25, 0.3) is 0 Å². The molecule has 2 saturated carbocycles. The minimum Gasteiger partial charge on any atom is -0.417 e. The Labute approximate surface area is 132 Å². The van der Waals surface area contributed by atoms with Crippen LogP contribution in [0.15, 0.2) is 18.3 Å². The van der Waals surface area contributed by atoms with Crippen molar-refractivity contribution in [2.24, 2.45) is 11.8 Å². The number of nitrogens with one attached hydrogen (secondary N) is 2. The highest BCUT2D eigenvalue weighted by Gasteiger charge is 2.45. The zero-order chi connectivity index (χ0) is 16.4. The fourth-order valence-corrected chi connectivity index (χ4v) is 3.60. The number of fused-ring (bicyclic) bond motifs is 2. The van der Waals surface area contributed by atoms with E-state index in [0.29, 0.717) is 11.5 Å². The van der Waals surface area contributed by atoms with E-state index in [1.807, 2.05) is 0 Å². The molecule has 6 nitrogen and oxygen atoms in total. The van der Waals surface area contributed by atoms with E-state index in [4.69, 9.17) is 0 Å². The van der Waals surface area contributed by atoms with Crippen LogP contribution in [0.5, 0.6) is 5.88 Å². The van der Waals surface area contributed by atoms with Crippen molar-refractivity contribution in [3.05, 3.63) is 23.9 Å². The van der Waals surface area contributed by atoms with Gasteiger partial charge in [-0.25, -0.2) is 9.78 Å². The number of carbonyl (C=O) groups excluding carboxylic acids is 1. The topological polar surface area (TPSA) is 83.5 Å². The summed E-state index contributed by atoms with van der Waals surface area (Å²) in [7, 11) is 0. The maximum Gasteiger partial charge on any atom is 0.388 e. The smallest absolute Gasteiger partial charge is 0.388 e. The van der Waals surface area contributed by atoms with Crippen LogP contribution in [0.3, 0.4) is 0 Å². The second kappa shape index (κ2) is 6.66. The van der Waals surface area contributed by atoms with Crippen LogP contribution in [0.1, 0.15) is 24.8 Å². The molecule has 8 heteroatoms. The van der Waals surface area contributed by atoms with Crippen molar-refractivity contribution < 1.29 is 23.4 Å². The number of hydrogen-bond donors (Lipinski definition) is 3. The summed E-state index contributed by atoms with van der Waals surface area (Å²) in [5, 5.41) is 15.4. The SMILES string of the molecule is O=C(NCc1ccnc(OC(F)F)c1)N[C@H]1C[C@@H]2C[C@H]1[C@H](O)C2. The fourth-order valence-electron chi connectivity index (χ4n) is 3.60. The van der Waals surface area contributed by atoms with Gasteiger partial charge in [0.1, 0.15) is 0 Å². The molecule has 23 heavy (non-hydrogen) atoms. The van der Waals surface area contributed by atoms with Gasteiger partial charge in [-0.15, -0.1) is 0 Å². The van der Waals surface area contributed by atoms with Crippen LogP contribution >= 0.6 is 0 Å². The minimum atomic E-state index is -2.93. The number of nitrogens with zero attached hydrogens (tertiary/aromatic N) is 1. The lowest BCUT2D eigenvalue weighted by Gasteiger charge is -2.26. The summed E-state index contributed by atoms with van der Waals surface area (Å²) in [6.07, 6.45) is 3.71. The zero-order valence-corrected chi connectivity index (χ0v) is 12.4. The molecule has 0 radical (unpaired) electrons. The predicted molar refractivity (Wildman–Crippen MR) is 76.9 cm³/mol. The van der Waals surface area contributed by atoms with Gasteiger partial charge in [-0.1, -0.05) is 0 Å². The van der Waals surface area contributed by atoms with Crippen LogP contribution in [0.4, 0.5) is 13.6 Å². The van der Waals surface area contributed by atoms with Crippen molar-refractivity contribution in [3.8, 4) is 5.88 Å². The quantitative estimate of drug-likeness (QED) is 0.768. The maximum atomic E-state index is 12.1. The average Bonchev–Trinajstić information content (AvgIpc) is 3.03. The predicted octanol–water partition coefficient (Wildman–Crippen LogP) is 1.64. The van der Waals surface area contributed by atoms with E-state index in [1.54, 1.807) is 6.07 Å². The maximum absolute atomic E-state index is 12.1. The number of carbonyl (C=O) groups is 1. The number of aliphatic hydroxyl groups excluding tert-OH is 1. The molecular formula is C15H19F2N3O3. The highest BCUT2D eigenvalue weighted by atomic mass is 19.3. The number of hydrogen-bond acceptors (Lipinski definition) is 4. The largest absolute Gasteiger partial charge is 0.417 e. The van der Waals surface area contributed by atoms with Gasteiger partial charge in [0, 0.05) is 30.8 Å². The first-order chi connectivity index (χ1) is 11.0. The molecule has 2 amide bonds. The van der Waals surface area contributed by atoms with Crippen molar-refractivity contribution in [2.75, 3.05) is 0 Å². The van der Waals surface area contributed by atoms with Gasteiger partial charge in [-0.2, -0.15) is 8.78 Å². The summed E-state index contributed by atoms with van der Waals surface area (Å²) in [5.41, 5.74) is 0.610. The number of aliphatic hydroxyl groups is 1. The molecule has 0 unspecified atom stereocenters. The first kappa shape index (κ1) is 15.9. The highest BCUT2D eigenvalue weighted by Crippen LogP contribution is 2.44. The third-order valence-corrected chi connectivity index (χ3v) is 4.56.